The first kappa shape index (κ1) is 16.2. The van der Waals surface area contributed by atoms with Crippen molar-refractivity contribution in [3.8, 4) is 5.75 Å². The van der Waals surface area contributed by atoms with Crippen molar-refractivity contribution in [1.82, 2.24) is 0 Å². The third-order valence-corrected chi connectivity index (χ3v) is 5.11. The average molecular weight is 348 g/mol. The molecule has 0 radical (unpaired) electrons. The van der Waals surface area contributed by atoms with Crippen LogP contribution in [0, 0.1) is 6.92 Å². The Kier molecular flexibility index (Phi) is 5.13. The van der Waals surface area contributed by atoms with E-state index in [9.17, 15) is 4.79 Å². The lowest BCUT2D eigenvalue weighted by atomic mass is 10.2. The number of nitrogens with zero attached hydrogens (tertiary/aromatic N) is 1. The molecule has 0 bridgehead atoms. The van der Waals surface area contributed by atoms with Crippen LogP contribution in [0.3, 0.4) is 0 Å². The highest BCUT2D eigenvalue weighted by atomic mass is 35.5. The molecule has 1 aliphatic rings. The molecule has 1 amide bonds. The summed E-state index contributed by atoms with van der Waals surface area (Å²) in [7, 11) is 0. The summed E-state index contributed by atoms with van der Waals surface area (Å²) >= 11 is 7.74. The molecular formula is C18H18ClNO2S. The van der Waals surface area contributed by atoms with Crippen molar-refractivity contribution in [2.75, 3.05) is 23.8 Å². The first-order valence-electron chi connectivity index (χ1n) is 7.56. The zero-order chi connectivity index (χ0) is 16.2. The third-order valence-electron chi connectivity index (χ3n) is 3.73. The van der Waals surface area contributed by atoms with Gasteiger partial charge in [-0.25, -0.2) is 0 Å². The largest absolute Gasteiger partial charge is 0.483 e. The Bertz CT molecular complexity index is 720. The second kappa shape index (κ2) is 7.28. The smallest absolute Gasteiger partial charge is 0.264 e. The third kappa shape index (κ3) is 3.82. The van der Waals surface area contributed by atoms with Gasteiger partial charge in [0.1, 0.15) is 5.75 Å². The van der Waals surface area contributed by atoms with Crippen molar-refractivity contribution < 1.29 is 9.53 Å². The number of carbonyl (C=O) groups excluding carboxylic acids is 1. The normalized spacial score (nSPS) is 14.1. The number of hydrogen-bond donors (Lipinski definition) is 0. The van der Waals surface area contributed by atoms with Gasteiger partial charge >= 0.3 is 0 Å². The quantitative estimate of drug-likeness (QED) is 0.815. The van der Waals surface area contributed by atoms with Gasteiger partial charge in [0.2, 0.25) is 0 Å². The maximum atomic E-state index is 12.6. The first-order valence-corrected chi connectivity index (χ1v) is 8.92. The van der Waals surface area contributed by atoms with Gasteiger partial charge in [-0.15, -0.1) is 11.8 Å². The molecule has 3 rings (SSSR count). The number of amides is 1. The Morgan fingerprint density at radius 2 is 2.13 bits per heavy atom. The number of hydrogen-bond acceptors (Lipinski definition) is 3. The molecular weight excluding hydrogens is 330 g/mol. The van der Waals surface area contributed by atoms with Crippen LogP contribution in [0.4, 0.5) is 5.69 Å². The predicted octanol–water partition coefficient (Wildman–Crippen LogP) is 4.56. The number of fused-ring (bicyclic) bond motifs is 1. The van der Waals surface area contributed by atoms with Crippen molar-refractivity contribution in [1.29, 1.82) is 0 Å². The Hall–Kier alpha value is -1.65. The topological polar surface area (TPSA) is 29.5 Å². The van der Waals surface area contributed by atoms with Gasteiger partial charge in [0.25, 0.3) is 5.91 Å². The van der Waals surface area contributed by atoms with Crippen LogP contribution >= 0.6 is 23.4 Å². The van der Waals surface area contributed by atoms with Crippen LogP contribution in [0.2, 0.25) is 5.02 Å². The van der Waals surface area contributed by atoms with Crippen LogP contribution < -0.4 is 9.64 Å². The lowest BCUT2D eigenvalue weighted by Crippen LogP contribution is -2.35. The zero-order valence-electron chi connectivity index (χ0n) is 12.9. The standard InChI is InChI=1S/C18H18ClNO2S/c1-13-11-14(19)7-8-16(13)22-12-18(21)20-9-4-10-23-17-6-3-2-5-15(17)20/h2-3,5-8,11H,4,9-10,12H2,1H3. The fourth-order valence-corrected chi connectivity index (χ4v) is 3.80. The Morgan fingerprint density at radius 1 is 1.30 bits per heavy atom. The predicted molar refractivity (Wildman–Crippen MR) is 95.8 cm³/mol. The monoisotopic (exact) mass is 347 g/mol. The maximum absolute atomic E-state index is 12.6. The van der Waals surface area contributed by atoms with E-state index in [0.29, 0.717) is 10.8 Å². The van der Waals surface area contributed by atoms with E-state index in [1.807, 2.05) is 36.1 Å². The van der Waals surface area contributed by atoms with Gasteiger partial charge in [0, 0.05) is 16.5 Å². The van der Waals surface area contributed by atoms with Gasteiger partial charge in [0.05, 0.1) is 5.69 Å². The summed E-state index contributed by atoms with van der Waals surface area (Å²) in [5, 5.41) is 0.666. The molecule has 23 heavy (non-hydrogen) atoms. The zero-order valence-corrected chi connectivity index (χ0v) is 14.5. The number of rotatable bonds is 3. The van der Waals surface area contributed by atoms with Crippen LogP contribution in [0.5, 0.6) is 5.75 Å². The van der Waals surface area contributed by atoms with Crippen molar-refractivity contribution in [3.63, 3.8) is 0 Å². The molecule has 1 heterocycles. The maximum Gasteiger partial charge on any atom is 0.264 e. The summed E-state index contributed by atoms with van der Waals surface area (Å²) < 4.78 is 5.71. The van der Waals surface area contributed by atoms with Crippen LogP contribution in [-0.2, 0) is 4.79 Å². The highest BCUT2D eigenvalue weighted by molar-refractivity contribution is 7.99. The summed E-state index contributed by atoms with van der Waals surface area (Å²) in [6.07, 6.45) is 0.977. The number of aryl methyl sites for hydroxylation is 1. The summed E-state index contributed by atoms with van der Waals surface area (Å²) in [5.41, 5.74) is 1.91. The molecule has 0 fully saturated rings. The Labute approximate surface area is 145 Å². The van der Waals surface area contributed by atoms with Crippen molar-refractivity contribution >= 4 is 35.0 Å². The number of ether oxygens (including phenoxy) is 1. The second-order valence-corrected chi connectivity index (χ2v) is 6.99. The molecule has 0 saturated carbocycles. The molecule has 0 spiro atoms. The Balaban J connectivity index is 1.73. The fourth-order valence-electron chi connectivity index (χ4n) is 2.58. The average Bonchev–Trinajstić information content (AvgIpc) is 2.76. The number of halogens is 1. The van der Waals surface area contributed by atoms with Gasteiger partial charge in [-0.3, -0.25) is 4.79 Å². The lowest BCUT2D eigenvalue weighted by molar-refractivity contribution is -0.120. The lowest BCUT2D eigenvalue weighted by Gasteiger charge is -2.22. The molecule has 0 aliphatic carbocycles. The summed E-state index contributed by atoms with van der Waals surface area (Å²) in [4.78, 5) is 15.6. The minimum atomic E-state index is -0.0192. The highest BCUT2D eigenvalue weighted by Gasteiger charge is 2.21. The highest BCUT2D eigenvalue weighted by Crippen LogP contribution is 2.33. The Morgan fingerprint density at radius 3 is 2.96 bits per heavy atom. The molecule has 0 aromatic heterocycles. The van der Waals surface area contributed by atoms with E-state index in [1.165, 1.54) is 0 Å². The van der Waals surface area contributed by atoms with Gasteiger partial charge < -0.3 is 9.64 Å². The SMILES string of the molecule is Cc1cc(Cl)ccc1OCC(=O)N1CCCSc2ccccc21. The molecule has 0 saturated heterocycles. The number of thioether (sulfide) groups is 1. The molecule has 1 aliphatic heterocycles. The van der Waals surface area contributed by atoms with Gasteiger partial charge in [-0.2, -0.15) is 0 Å². The van der Waals surface area contributed by atoms with Crippen LogP contribution in [0.25, 0.3) is 0 Å². The summed E-state index contributed by atoms with van der Waals surface area (Å²) in [6.45, 7) is 2.68. The van der Waals surface area contributed by atoms with Crippen molar-refractivity contribution in [2.24, 2.45) is 0 Å². The van der Waals surface area contributed by atoms with Crippen LogP contribution in [0.15, 0.2) is 47.4 Å². The van der Waals surface area contributed by atoms with E-state index in [0.717, 1.165) is 34.9 Å². The van der Waals surface area contributed by atoms with E-state index in [2.05, 4.69) is 6.07 Å². The molecule has 2 aromatic rings. The van der Waals surface area contributed by atoms with Gasteiger partial charge in [0.15, 0.2) is 6.61 Å². The summed E-state index contributed by atoms with van der Waals surface area (Å²) in [6, 6.07) is 13.4. The van der Waals surface area contributed by atoms with E-state index >= 15 is 0 Å². The number of anilines is 1. The van der Waals surface area contributed by atoms with E-state index in [4.69, 9.17) is 16.3 Å². The van der Waals surface area contributed by atoms with E-state index in [-0.39, 0.29) is 12.5 Å². The molecule has 3 nitrogen and oxygen atoms in total. The van der Waals surface area contributed by atoms with Crippen molar-refractivity contribution in [2.45, 2.75) is 18.2 Å². The minimum Gasteiger partial charge on any atom is -0.483 e. The molecule has 2 aromatic carbocycles. The number of benzene rings is 2. The van der Waals surface area contributed by atoms with Crippen molar-refractivity contribution in [3.05, 3.63) is 53.1 Å². The first-order chi connectivity index (χ1) is 11.1. The minimum absolute atomic E-state index is 0.0192. The molecule has 5 heteroatoms. The number of carbonyl (C=O) groups is 1. The van der Waals surface area contributed by atoms with E-state index < -0.39 is 0 Å². The second-order valence-electron chi connectivity index (χ2n) is 5.41. The van der Waals surface area contributed by atoms with Crippen LogP contribution in [-0.4, -0.2) is 24.8 Å². The summed E-state index contributed by atoms with van der Waals surface area (Å²) in [5.74, 6) is 1.70. The number of para-hydroxylation sites is 1. The molecule has 0 N–H and O–H groups in total. The molecule has 0 unspecified atom stereocenters. The van der Waals surface area contributed by atoms with E-state index in [1.54, 1.807) is 23.9 Å². The van der Waals surface area contributed by atoms with Gasteiger partial charge in [-0.1, -0.05) is 23.7 Å². The molecule has 120 valence electrons. The fraction of sp³-hybridized carbons (Fsp3) is 0.278. The molecule has 0 atom stereocenters. The van der Waals surface area contributed by atoms with Gasteiger partial charge in [-0.05, 0) is 55.0 Å². The van der Waals surface area contributed by atoms with Crippen LogP contribution in [0.1, 0.15) is 12.0 Å².